The third-order valence-corrected chi connectivity index (χ3v) is 4.89. The van der Waals surface area contributed by atoms with Gasteiger partial charge in [-0.2, -0.15) is 5.26 Å². The van der Waals surface area contributed by atoms with Crippen LogP contribution >= 0.6 is 15.9 Å². The highest BCUT2D eigenvalue weighted by Gasteiger charge is 2.27. The van der Waals surface area contributed by atoms with E-state index in [0.717, 1.165) is 10.0 Å². The summed E-state index contributed by atoms with van der Waals surface area (Å²) in [4.78, 5) is 16.4. The minimum atomic E-state index is -0.425. The summed E-state index contributed by atoms with van der Waals surface area (Å²) >= 11 is 3.36. The summed E-state index contributed by atoms with van der Waals surface area (Å²) in [6.45, 7) is 2.35. The zero-order chi connectivity index (χ0) is 17.8. The molecule has 1 fully saturated rings. The molecule has 1 aliphatic heterocycles. The van der Waals surface area contributed by atoms with E-state index in [0.29, 0.717) is 31.7 Å². The third kappa shape index (κ3) is 4.06. The van der Waals surface area contributed by atoms with Gasteiger partial charge in [0.2, 0.25) is 0 Å². The fourth-order valence-corrected chi connectivity index (χ4v) is 3.23. The number of rotatable bonds is 3. The molecule has 0 spiro atoms. The number of piperazine rings is 1. The molecule has 128 valence electrons. The van der Waals surface area contributed by atoms with Crippen LogP contribution in [-0.2, 0) is 0 Å². The number of hydrogen-bond acceptors (Lipinski definition) is 3. The fourth-order valence-electron chi connectivity index (χ4n) is 2.97. The Morgan fingerprint density at radius 3 is 2.20 bits per heavy atom. The Balaban J connectivity index is 1.64. The summed E-state index contributed by atoms with van der Waals surface area (Å²) < 4.78 is 14.0. The maximum atomic E-state index is 13.1. The maximum absolute atomic E-state index is 13.1. The van der Waals surface area contributed by atoms with Crippen LogP contribution in [0.1, 0.15) is 22.0 Å². The smallest absolute Gasteiger partial charge is 0.253 e. The number of carbonyl (C=O) groups is 1. The second kappa shape index (κ2) is 7.77. The Kier molecular flexibility index (Phi) is 5.47. The molecule has 0 aromatic heterocycles. The average Bonchev–Trinajstić information content (AvgIpc) is 2.64. The lowest BCUT2D eigenvalue weighted by Crippen LogP contribution is -2.49. The molecule has 1 aliphatic rings. The molecule has 1 unspecified atom stereocenters. The lowest BCUT2D eigenvalue weighted by Gasteiger charge is -2.37. The predicted octanol–water partition coefficient (Wildman–Crippen LogP) is 3.61. The zero-order valence-electron chi connectivity index (χ0n) is 13.5. The van der Waals surface area contributed by atoms with Crippen LogP contribution in [-0.4, -0.2) is 41.9 Å². The van der Waals surface area contributed by atoms with E-state index in [4.69, 9.17) is 0 Å². The summed E-state index contributed by atoms with van der Waals surface area (Å²) in [5.74, 6) is -0.312. The lowest BCUT2D eigenvalue weighted by molar-refractivity contribution is 0.0606. The molecule has 0 saturated carbocycles. The van der Waals surface area contributed by atoms with E-state index in [-0.39, 0.29) is 11.7 Å². The first-order valence-corrected chi connectivity index (χ1v) is 8.82. The molecule has 0 bridgehead atoms. The van der Waals surface area contributed by atoms with Crippen LogP contribution in [0, 0.1) is 17.1 Å². The molecule has 1 heterocycles. The van der Waals surface area contributed by atoms with E-state index < -0.39 is 6.04 Å². The molecule has 4 nitrogen and oxygen atoms in total. The van der Waals surface area contributed by atoms with Crippen molar-refractivity contribution >= 4 is 21.8 Å². The average molecular weight is 402 g/mol. The Bertz CT molecular complexity index is 778. The van der Waals surface area contributed by atoms with Crippen LogP contribution in [0.3, 0.4) is 0 Å². The van der Waals surface area contributed by atoms with E-state index in [1.54, 1.807) is 29.2 Å². The van der Waals surface area contributed by atoms with Crippen LogP contribution in [0.2, 0.25) is 0 Å². The molecule has 1 amide bonds. The van der Waals surface area contributed by atoms with Crippen molar-refractivity contribution in [3.63, 3.8) is 0 Å². The number of benzene rings is 2. The van der Waals surface area contributed by atoms with Gasteiger partial charge in [0.25, 0.3) is 5.91 Å². The van der Waals surface area contributed by atoms with Gasteiger partial charge < -0.3 is 4.90 Å². The van der Waals surface area contributed by atoms with Gasteiger partial charge in [-0.3, -0.25) is 9.69 Å². The normalized spacial score (nSPS) is 16.3. The van der Waals surface area contributed by atoms with E-state index >= 15 is 0 Å². The Labute approximate surface area is 154 Å². The van der Waals surface area contributed by atoms with Gasteiger partial charge in [0.15, 0.2) is 0 Å². The molecular weight excluding hydrogens is 385 g/mol. The Morgan fingerprint density at radius 1 is 1.04 bits per heavy atom. The van der Waals surface area contributed by atoms with E-state index in [1.165, 1.54) is 12.1 Å². The van der Waals surface area contributed by atoms with Crippen molar-refractivity contribution < 1.29 is 9.18 Å². The summed E-state index contributed by atoms with van der Waals surface area (Å²) in [6, 6.07) is 15.2. The Morgan fingerprint density at radius 2 is 1.64 bits per heavy atom. The molecule has 3 rings (SSSR count). The second-order valence-electron chi connectivity index (χ2n) is 5.92. The number of nitriles is 1. The van der Waals surface area contributed by atoms with Gasteiger partial charge in [-0.25, -0.2) is 4.39 Å². The van der Waals surface area contributed by atoms with E-state index in [2.05, 4.69) is 22.0 Å². The van der Waals surface area contributed by atoms with Crippen molar-refractivity contribution in [2.24, 2.45) is 0 Å². The van der Waals surface area contributed by atoms with Gasteiger partial charge in [-0.15, -0.1) is 0 Å². The summed E-state index contributed by atoms with van der Waals surface area (Å²) in [7, 11) is 0. The van der Waals surface area contributed by atoms with Crippen molar-refractivity contribution in [2.45, 2.75) is 6.04 Å². The first-order valence-electron chi connectivity index (χ1n) is 8.02. The highest BCUT2D eigenvalue weighted by atomic mass is 79.9. The third-order valence-electron chi connectivity index (χ3n) is 4.37. The standard InChI is InChI=1S/C19H17BrFN3O/c20-16-5-1-15(2-6-16)19(25)24-11-9-23(10-12-24)18(13-22)14-3-7-17(21)8-4-14/h1-8,18H,9-12H2. The lowest BCUT2D eigenvalue weighted by atomic mass is 10.1. The Hall–Kier alpha value is -2.23. The number of amides is 1. The maximum Gasteiger partial charge on any atom is 0.253 e. The number of carbonyl (C=O) groups excluding carboxylic acids is 1. The van der Waals surface area contributed by atoms with Crippen molar-refractivity contribution in [3.05, 3.63) is 69.9 Å². The van der Waals surface area contributed by atoms with Crippen molar-refractivity contribution in [1.82, 2.24) is 9.80 Å². The van der Waals surface area contributed by atoms with Crippen molar-refractivity contribution in [2.75, 3.05) is 26.2 Å². The highest BCUT2D eigenvalue weighted by Crippen LogP contribution is 2.22. The first kappa shape index (κ1) is 17.6. The molecule has 2 aromatic rings. The predicted molar refractivity (Wildman–Crippen MR) is 96.4 cm³/mol. The largest absolute Gasteiger partial charge is 0.336 e. The van der Waals surface area contributed by atoms with E-state index in [9.17, 15) is 14.4 Å². The second-order valence-corrected chi connectivity index (χ2v) is 6.83. The molecule has 2 aromatic carbocycles. The summed E-state index contributed by atoms with van der Waals surface area (Å²) in [5.41, 5.74) is 1.43. The van der Waals surface area contributed by atoms with Gasteiger partial charge in [0, 0.05) is 36.2 Å². The molecule has 1 atom stereocenters. The molecule has 1 saturated heterocycles. The summed E-state index contributed by atoms with van der Waals surface area (Å²) in [5, 5.41) is 9.51. The fraction of sp³-hybridized carbons (Fsp3) is 0.263. The molecule has 0 aliphatic carbocycles. The minimum absolute atomic E-state index is 0.00226. The molecule has 0 N–H and O–H groups in total. The summed E-state index contributed by atoms with van der Waals surface area (Å²) in [6.07, 6.45) is 0. The monoisotopic (exact) mass is 401 g/mol. The van der Waals surface area contributed by atoms with Crippen LogP contribution < -0.4 is 0 Å². The molecular formula is C19H17BrFN3O. The minimum Gasteiger partial charge on any atom is -0.336 e. The molecule has 6 heteroatoms. The zero-order valence-corrected chi connectivity index (χ0v) is 15.1. The number of hydrogen-bond donors (Lipinski definition) is 0. The molecule has 0 radical (unpaired) electrons. The topological polar surface area (TPSA) is 47.3 Å². The van der Waals surface area contributed by atoms with Crippen molar-refractivity contribution in [1.29, 1.82) is 5.26 Å². The van der Waals surface area contributed by atoms with Gasteiger partial charge in [0.05, 0.1) is 6.07 Å². The van der Waals surface area contributed by atoms with Gasteiger partial charge in [-0.05, 0) is 42.0 Å². The number of nitrogens with zero attached hydrogens (tertiary/aromatic N) is 3. The van der Waals surface area contributed by atoms with Crippen LogP contribution in [0.25, 0.3) is 0 Å². The van der Waals surface area contributed by atoms with Crippen LogP contribution in [0.4, 0.5) is 4.39 Å². The van der Waals surface area contributed by atoms with Crippen molar-refractivity contribution in [3.8, 4) is 6.07 Å². The quantitative estimate of drug-likeness (QED) is 0.788. The van der Waals surface area contributed by atoms with E-state index in [1.807, 2.05) is 17.0 Å². The van der Waals surface area contributed by atoms with Gasteiger partial charge >= 0.3 is 0 Å². The SMILES string of the molecule is N#CC(c1ccc(F)cc1)N1CCN(C(=O)c2ccc(Br)cc2)CC1. The molecule has 25 heavy (non-hydrogen) atoms. The van der Waals surface area contributed by atoms with Gasteiger partial charge in [0.1, 0.15) is 11.9 Å². The van der Waals surface area contributed by atoms with Crippen LogP contribution in [0.15, 0.2) is 53.0 Å². The highest BCUT2D eigenvalue weighted by molar-refractivity contribution is 9.10. The van der Waals surface area contributed by atoms with Crippen LogP contribution in [0.5, 0.6) is 0 Å². The first-order chi connectivity index (χ1) is 12.1. The van der Waals surface area contributed by atoms with Gasteiger partial charge in [-0.1, -0.05) is 28.1 Å². The number of halogens is 2.